The molecule has 4 heteroatoms. The molecule has 0 heterocycles. The lowest BCUT2D eigenvalue weighted by molar-refractivity contribution is -0.136. The Kier molecular flexibility index (Phi) is 3.86. The fraction of sp³-hybridized carbons (Fsp3) is 0.273. The fourth-order valence-electron chi connectivity index (χ4n) is 1.26. The maximum atomic E-state index is 11.6. The number of rotatable bonds is 4. The Morgan fingerprint density at radius 1 is 1.33 bits per heavy atom. The molecule has 0 amide bonds. The minimum atomic E-state index is -0.969. The molecule has 1 aromatic rings. The van der Waals surface area contributed by atoms with Crippen LogP contribution in [0.15, 0.2) is 18.2 Å². The SMILES string of the molecule is Cc1c(Cl)cccc1C(=O)CCC(=O)O. The van der Waals surface area contributed by atoms with E-state index in [0.717, 1.165) is 0 Å². The van der Waals surface area contributed by atoms with Crippen molar-refractivity contribution in [3.05, 3.63) is 34.3 Å². The zero-order valence-corrected chi connectivity index (χ0v) is 9.04. The number of halogens is 1. The summed E-state index contributed by atoms with van der Waals surface area (Å²) >= 11 is 5.85. The van der Waals surface area contributed by atoms with Gasteiger partial charge in [-0.2, -0.15) is 0 Å². The molecule has 0 aromatic heterocycles. The average Bonchev–Trinajstić information content (AvgIpc) is 2.18. The molecule has 1 N–H and O–H groups in total. The quantitative estimate of drug-likeness (QED) is 0.804. The van der Waals surface area contributed by atoms with Gasteiger partial charge in [-0.3, -0.25) is 9.59 Å². The van der Waals surface area contributed by atoms with E-state index in [4.69, 9.17) is 16.7 Å². The van der Waals surface area contributed by atoms with Crippen LogP contribution in [0.25, 0.3) is 0 Å². The van der Waals surface area contributed by atoms with E-state index in [-0.39, 0.29) is 18.6 Å². The number of carbonyl (C=O) groups excluding carboxylic acids is 1. The molecule has 1 aromatic carbocycles. The van der Waals surface area contributed by atoms with Crippen molar-refractivity contribution in [2.75, 3.05) is 0 Å². The molecule has 0 spiro atoms. The molecule has 0 atom stereocenters. The maximum absolute atomic E-state index is 11.6. The van der Waals surface area contributed by atoms with Crippen LogP contribution in [0.4, 0.5) is 0 Å². The normalized spacial score (nSPS) is 10.0. The van der Waals surface area contributed by atoms with Gasteiger partial charge in [-0.05, 0) is 18.6 Å². The van der Waals surface area contributed by atoms with Gasteiger partial charge in [0.2, 0.25) is 0 Å². The van der Waals surface area contributed by atoms with E-state index < -0.39 is 5.97 Å². The monoisotopic (exact) mass is 226 g/mol. The Labute approximate surface area is 92.7 Å². The molecule has 0 saturated carbocycles. The summed E-state index contributed by atoms with van der Waals surface area (Å²) in [5.74, 6) is -1.15. The summed E-state index contributed by atoms with van der Waals surface area (Å²) in [5.41, 5.74) is 1.21. The first-order valence-corrected chi connectivity index (χ1v) is 4.90. The highest BCUT2D eigenvalue weighted by Gasteiger charge is 2.12. The Balaban J connectivity index is 2.82. The van der Waals surface area contributed by atoms with E-state index >= 15 is 0 Å². The van der Waals surface area contributed by atoms with Gasteiger partial charge in [0, 0.05) is 17.0 Å². The van der Waals surface area contributed by atoms with E-state index in [9.17, 15) is 9.59 Å². The minimum absolute atomic E-state index is 0.0104. The lowest BCUT2D eigenvalue weighted by Crippen LogP contribution is -2.05. The predicted octanol–water partition coefficient (Wildman–Crippen LogP) is 2.70. The van der Waals surface area contributed by atoms with Gasteiger partial charge < -0.3 is 5.11 Å². The number of carboxylic acid groups (broad SMARTS) is 1. The largest absolute Gasteiger partial charge is 0.481 e. The fourth-order valence-corrected chi connectivity index (χ4v) is 1.44. The third-order valence-electron chi connectivity index (χ3n) is 2.13. The second-order valence-corrected chi connectivity index (χ2v) is 3.64. The van der Waals surface area contributed by atoms with Gasteiger partial charge in [0.05, 0.1) is 6.42 Å². The van der Waals surface area contributed by atoms with Crippen molar-refractivity contribution in [2.24, 2.45) is 0 Å². The number of hydrogen-bond donors (Lipinski definition) is 1. The second-order valence-electron chi connectivity index (χ2n) is 3.23. The van der Waals surface area contributed by atoms with E-state index in [1.54, 1.807) is 25.1 Å². The van der Waals surface area contributed by atoms with Crippen molar-refractivity contribution in [1.82, 2.24) is 0 Å². The average molecular weight is 227 g/mol. The van der Waals surface area contributed by atoms with Gasteiger partial charge in [0.25, 0.3) is 0 Å². The molecule has 3 nitrogen and oxygen atoms in total. The molecule has 0 fully saturated rings. The summed E-state index contributed by atoms with van der Waals surface area (Å²) in [6.07, 6.45) is -0.138. The highest BCUT2D eigenvalue weighted by molar-refractivity contribution is 6.31. The lowest BCUT2D eigenvalue weighted by Gasteiger charge is -2.05. The third kappa shape index (κ3) is 3.06. The van der Waals surface area contributed by atoms with Gasteiger partial charge in [-0.15, -0.1) is 0 Å². The van der Waals surface area contributed by atoms with Crippen molar-refractivity contribution in [2.45, 2.75) is 19.8 Å². The van der Waals surface area contributed by atoms with Crippen molar-refractivity contribution >= 4 is 23.4 Å². The molecule has 80 valence electrons. The highest BCUT2D eigenvalue weighted by atomic mass is 35.5. The molecule has 15 heavy (non-hydrogen) atoms. The molecular weight excluding hydrogens is 216 g/mol. The van der Waals surface area contributed by atoms with E-state index in [0.29, 0.717) is 16.1 Å². The Morgan fingerprint density at radius 3 is 2.60 bits per heavy atom. The summed E-state index contributed by atoms with van der Waals surface area (Å²) in [6.45, 7) is 1.75. The van der Waals surface area contributed by atoms with Gasteiger partial charge in [0.1, 0.15) is 0 Å². The van der Waals surface area contributed by atoms with E-state index in [2.05, 4.69) is 0 Å². The van der Waals surface area contributed by atoms with Crippen LogP contribution in [0.3, 0.4) is 0 Å². The molecule has 0 saturated heterocycles. The zero-order chi connectivity index (χ0) is 11.4. The molecule has 0 aliphatic heterocycles. The van der Waals surface area contributed by atoms with Crippen LogP contribution in [0, 0.1) is 6.92 Å². The van der Waals surface area contributed by atoms with Crippen LogP contribution in [-0.2, 0) is 4.79 Å². The first-order valence-electron chi connectivity index (χ1n) is 4.52. The topological polar surface area (TPSA) is 54.4 Å². The Hall–Kier alpha value is -1.35. The predicted molar refractivity (Wildman–Crippen MR) is 57.4 cm³/mol. The van der Waals surface area contributed by atoms with Crippen LogP contribution in [0.1, 0.15) is 28.8 Å². The lowest BCUT2D eigenvalue weighted by atomic mass is 10.0. The maximum Gasteiger partial charge on any atom is 0.303 e. The van der Waals surface area contributed by atoms with Gasteiger partial charge in [-0.1, -0.05) is 23.7 Å². The number of carboxylic acids is 1. The zero-order valence-electron chi connectivity index (χ0n) is 8.29. The molecule has 0 bridgehead atoms. The van der Waals surface area contributed by atoms with Crippen molar-refractivity contribution in [3.8, 4) is 0 Å². The number of aliphatic carboxylic acids is 1. The Bertz CT molecular complexity index is 399. The smallest absolute Gasteiger partial charge is 0.303 e. The first kappa shape index (κ1) is 11.7. The van der Waals surface area contributed by atoms with Crippen LogP contribution in [-0.4, -0.2) is 16.9 Å². The van der Waals surface area contributed by atoms with Gasteiger partial charge in [0.15, 0.2) is 5.78 Å². The summed E-state index contributed by atoms with van der Waals surface area (Å²) < 4.78 is 0. The van der Waals surface area contributed by atoms with Crippen molar-refractivity contribution < 1.29 is 14.7 Å². The summed E-state index contributed by atoms with van der Waals surface area (Å²) in [4.78, 5) is 21.9. The first-order chi connectivity index (χ1) is 7.02. The number of benzene rings is 1. The Morgan fingerprint density at radius 2 is 2.00 bits per heavy atom. The van der Waals surface area contributed by atoms with Crippen LogP contribution < -0.4 is 0 Å². The minimum Gasteiger partial charge on any atom is -0.481 e. The van der Waals surface area contributed by atoms with Crippen LogP contribution in [0.5, 0.6) is 0 Å². The van der Waals surface area contributed by atoms with Crippen molar-refractivity contribution in [1.29, 1.82) is 0 Å². The molecule has 0 aliphatic rings. The van der Waals surface area contributed by atoms with Gasteiger partial charge in [-0.25, -0.2) is 0 Å². The molecular formula is C11H11ClO3. The van der Waals surface area contributed by atoms with Crippen LogP contribution in [0.2, 0.25) is 5.02 Å². The standard InChI is InChI=1S/C11H11ClO3/c1-7-8(3-2-4-9(7)12)10(13)5-6-11(14)15/h2-4H,5-6H2,1H3,(H,14,15). The molecule has 0 aliphatic carbocycles. The van der Waals surface area contributed by atoms with Gasteiger partial charge >= 0.3 is 5.97 Å². The van der Waals surface area contributed by atoms with E-state index in [1.807, 2.05) is 0 Å². The number of carbonyl (C=O) groups is 2. The van der Waals surface area contributed by atoms with Crippen molar-refractivity contribution in [3.63, 3.8) is 0 Å². The number of ketones is 1. The third-order valence-corrected chi connectivity index (χ3v) is 2.54. The second kappa shape index (κ2) is 4.94. The molecule has 0 radical (unpaired) electrons. The summed E-state index contributed by atoms with van der Waals surface area (Å²) in [6, 6.07) is 5.04. The number of Topliss-reactive ketones (excluding diaryl/α,β-unsaturated/α-hetero) is 1. The molecule has 0 unspecified atom stereocenters. The highest BCUT2D eigenvalue weighted by Crippen LogP contribution is 2.20. The van der Waals surface area contributed by atoms with Crippen LogP contribution >= 0.6 is 11.6 Å². The van der Waals surface area contributed by atoms with E-state index in [1.165, 1.54) is 0 Å². The summed E-state index contributed by atoms with van der Waals surface area (Å²) in [7, 11) is 0. The summed E-state index contributed by atoms with van der Waals surface area (Å²) in [5, 5.41) is 8.98. The molecule has 1 rings (SSSR count). The number of hydrogen-bond acceptors (Lipinski definition) is 2.